The van der Waals surface area contributed by atoms with Crippen LogP contribution < -0.4 is 32.4 Å². The van der Waals surface area contributed by atoms with Gasteiger partial charge >= 0.3 is 11.9 Å². The van der Waals surface area contributed by atoms with Crippen molar-refractivity contribution in [2.45, 2.75) is 73.5 Å². The van der Waals surface area contributed by atoms with E-state index in [1.807, 2.05) is 6.07 Å². The molecule has 4 aliphatic heterocycles. The molecule has 2 aliphatic carbocycles. The van der Waals surface area contributed by atoms with Crippen molar-refractivity contribution < 1.29 is 34.2 Å². The van der Waals surface area contributed by atoms with Crippen LogP contribution >= 0.6 is 0 Å². The van der Waals surface area contributed by atoms with E-state index in [1.54, 1.807) is 6.07 Å². The zero-order chi connectivity index (χ0) is 26.6. The summed E-state index contributed by atoms with van der Waals surface area (Å²) < 4.78 is 1.54. The molecule has 4 atom stereocenters. The second-order valence-corrected chi connectivity index (χ2v) is 11.4. The Labute approximate surface area is 217 Å². The molecule has 1 saturated carbocycles. The Morgan fingerprint density at radius 3 is 2.61 bits per heavy atom. The minimum absolute atomic E-state index is 0.0245. The predicted octanol–water partition coefficient (Wildman–Crippen LogP) is -5.03. The number of carbonyl (C=O) groups is 3. The molecule has 6 aliphatic rings. The number of imide groups is 1. The van der Waals surface area contributed by atoms with E-state index in [2.05, 4.69) is 27.0 Å². The van der Waals surface area contributed by atoms with E-state index in [0.29, 0.717) is 5.56 Å². The lowest BCUT2D eigenvalue weighted by atomic mass is 9.85. The van der Waals surface area contributed by atoms with Gasteiger partial charge < -0.3 is 15.5 Å². The van der Waals surface area contributed by atoms with E-state index in [-0.39, 0.29) is 61.0 Å². The first-order chi connectivity index (χ1) is 18.1. The molecule has 4 heterocycles. The summed E-state index contributed by atoms with van der Waals surface area (Å²) in [5.74, 6) is -3.33. The maximum atomic E-state index is 13.5. The second-order valence-electron chi connectivity index (χ2n) is 11.4. The number of amides is 3. The second kappa shape index (κ2) is 7.44. The summed E-state index contributed by atoms with van der Waals surface area (Å²) in [6, 6.07) is 3.11. The quantitative estimate of drug-likeness (QED) is 0.108. The summed E-state index contributed by atoms with van der Waals surface area (Å²) in [4.78, 5) is 42.3. The molecule has 2 saturated heterocycles. The van der Waals surface area contributed by atoms with Crippen LogP contribution in [-0.4, -0.2) is 92.0 Å². The number of nitrogens with zero attached hydrogens (tertiary/aromatic N) is 2. The zero-order valence-electron chi connectivity index (χ0n) is 20.8. The first-order valence-electron chi connectivity index (χ1n) is 13.1. The van der Waals surface area contributed by atoms with Crippen molar-refractivity contribution in [3.63, 3.8) is 0 Å². The monoisotopic (exact) mass is 524 g/mol. The van der Waals surface area contributed by atoms with Crippen molar-refractivity contribution >= 4 is 29.6 Å². The summed E-state index contributed by atoms with van der Waals surface area (Å²) >= 11 is 0. The van der Waals surface area contributed by atoms with Crippen LogP contribution in [-0.2, 0) is 21.4 Å². The number of guanidine groups is 2. The molecule has 1 aromatic carbocycles. The third-order valence-electron chi connectivity index (χ3n) is 9.49. The zero-order valence-corrected chi connectivity index (χ0v) is 20.8. The fourth-order valence-corrected chi connectivity index (χ4v) is 7.39. The molecule has 0 bridgehead atoms. The van der Waals surface area contributed by atoms with Gasteiger partial charge in [0.05, 0.1) is 13.1 Å². The van der Waals surface area contributed by atoms with Crippen LogP contribution in [0.1, 0.15) is 53.6 Å². The Balaban J connectivity index is 1.20. The maximum absolute atomic E-state index is 13.5. The van der Waals surface area contributed by atoms with Crippen LogP contribution in [0.2, 0.25) is 0 Å². The Kier molecular flexibility index (Phi) is 4.59. The van der Waals surface area contributed by atoms with Crippen molar-refractivity contribution in [2.24, 2.45) is 11.5 Å². The molecule has 13 heteroatoms. The minimum atomic E-state index is -2.54. The van der Waals surface area contributed by atoms with E-state index in [1.165, 1.54) is 10.1 Å². The molecule has 0 aromatic heterocycles. The summed E-state index contributed by atoms with van der Waals surface area (Å²) in [5.41, 5.74) is 13.8. The van der Waals surface area contributed by atoms with Crippen molar-refractivity contribution in [2.75, 3.05) is 13.1 Å². The molecule has 0 radical (unpaired) electrons. The standard InChI is InChI=1S/C25H30N8O5/c26-21-30-19-15(10-32-17(34)4-5-18(32)35)28-22(27)33-11-16(25(37,38)24(19,33)31-21)29-20(36)13-2-1-3-14-12(13)6-7-23(14)8-9-23/h1-3,15-16,19,37-38H,4-11H2,(H6,26,27,28,29,30,31,36)/p+2/t15-,16?,19-,24-/m0/s1. The fourth-order valence-electron chi connectivity index (χ4n) is 7.39. The number of benzene rings is 1. The first kappa shape index (κ1) is 23.4. The number of carbonyl (C=O) groups excluding carboxylic acids is 3. The normalized spacial score (nSPS) is 33.5. The molecule has 38 heavy (non-hydrogen) atoms. The van der Waals surface area contributed by atoms with Gasteiger partial charge in [0.2, 0.25) is 11.8 Å². The highest BCUT2D eigenvalue weighted by atomic mass is 16.5. The Morgan fingerprint density at radius 1 is 1.16 bits per heavy atom. The van der Waals surface area contributed by atoms with Crippen molar-refractivity contribution in [1.82, 2.24) is 20.9 Å². The van der Waals surface area contributed by atoms with Gasteiger partial charge in [-0.3, -0.25) is 41.1 Å². The van der Waals surface area contributed by atoms with Gasteiger partial charge in [0.1, 0.15) is 12.1 Å². The van der Waals surface area contributed by atoms with Crippen molar-refractivity contribution in [1.29, 1.82) is 0 Å². The molecular formula is C25H32N8O5+2. The molecule has 1 aromatic rings. The van der Waals surface area contributed by atoms with Crippen molar-refractivity contribution in [3.05, 3.63) is 34.9 Å². The van der Waals surface area contributed by atoms with Gasteiger partial charge in [-0.05, 0) is 48.3 Å². The number of aliphatic hydroxyl groups is 2. The summed E-state index contributed by atoms with van der Waals surface area (Å²) in [6.45, 7) is -0.0606. The Bertz CT molecular complexity index is 1350. The highest BCUT2D eigenvalue weighted by Crippen LogP contribution is 2.57. The SMILES string of the molecule is NC1=[NH+][C@H]2[C@H](CN3C(=O)CCC3=O)NC(N)=[N+]3CC(NC(=O)c4cccc5c4CCC54CC4)C(O)(O)[C@]23N1. The minimum Gasteiger partial charge on any atom is -0.358 e. The van der Waals surface area contributed by atoms with Gasteiger partial charge in [-0.2, -0.15) is 0 Å². The van der Waals surface area contributed by atoms with Crippen LogP contribution in [0.5, 0.6) is 0 Å². The van der Waals surface area contributed by atoms with Crippen LogP contribution in [0.25, 0.3) is 0 Å². The molecule has 7 rings (SSSR count). The fraction of sp³-hybridized carbons (Fsp3) is 0.560. The lowest BCUT2D eigenvalue weighted by Crippen LogP contribution is -2.92. The van der Waals surface area contributed by atoms with Crippen LogP contribution in [0.3, 0.4) is 0 Å². The van der Waals surface area contributed by atoms with Crippen LogP contribution in [0.15, 0.2) is 18.2 Å². The largest absolute Gasteiger partial charge is 0.358 e. The third kappa shape index (κ3) is 2.91. The number of hydrogen-bond acceptors (Lipinski definition) is 9. The molecule has 2 spiro atoms. The summed E-state index contributed by atoms with van der Waals surface area (Å²) in [7, 11) is 0. The van der Waals surface area contributed by atoms with Crippen molar-refractivity contribution in [3.8, 4) is 0 Å². The molecule has 3 fully saturated rings. The number of rotatable bonds is 4. The van der Waals surface area contributed by atoms with Gasteiger partial charge in [-0.1, -0.05) is 12.1 Å². The highest BCUT2D eigenvalue weighted by molar-refractivity contribution is 6.02. The lowest BCUT2D eigenvalue weighted by molar-refractivity contribution is -0.674. The van der Waals surface area contributed by atoms with Gasteiger partial charge in [0.25, 0.3) is 17.4 Å². The third-order valence-corrected chi connectivity index (χ3v) is 9.49. The number of nitrogens with one attached hydrogen (secondary N) is 4. The summed E-state index contributed by atoms with van der Waals surface area (Å²) in [6.07, 6.45) is 4.39. The number of likely N-dealkylation sites (tertiary alicyclic amines) is 1. The maximum Gasteiger partial charge on any atom is 0.347 e. The van der Waals surface area contributed by atoms with Gasteiger partial charge in [0, 0.05) is 18.4 Å². The molecule has 200 valence electrons. The molecular weight excluding hydrogens is 492 g/mol. The van der Waals surface area contributed by atoms with Gasteiger partial charge in [-0.25, -0.2) is 9.89 Å². The summed E-state index contributed by atoms with van der Waals surface area (Å²) in [5, 5.41) is 32.3. The molecule has 13 nitrogen and oxygen atoms in total. The highest BCUT2D eigenvalue weighted by Gasteiger charge is 2.78. The number of nitrogens with two attached hydrogens (primary N) is 2. The first-order valence-corrected chi connectivity index (χ1v) is 13.1. The van der Waals surface area contributed by atoms with E-state index in [4.69, 9.17) is 11.5 Å². The Hall–Kier alpha value is -3.71. The lowest BCUT2D eigenvalue weighted by Gasteiger charge is -2.41. The molecule has 1 unspecified atom stereocenters. The Morgan fingerprint density at radius 2 is 1.89 bits per heavy atom. The van der Waals surface area contributed by atoms with Crippen LogP contribution in [0.4, 0.5) is 0 Å². The van der Waals surface area contributed by atoms with Crippen LogP contribution in [0, 0.1) is 0 Å². The number of fused-ring (bicyclic) bond motifs is 2. The molecule has 10 N–H and O–H groups in total. The van der Waals surface area contributed by atoms with E-state index >= 15 is 0 Å². The van der Waals surface area contributed by atoms with E-state index in [0.717, 1.165) is 36.1 Å². The van der Waals surface area contributed by atoms with E-state index < -0.39 is 29.6 Å². The topological polar surface area (TPSA) is 200 Å². The number of hydrogen-bond donors (Lipinski definition) is 8. The van der Waals surface area contributed by atoms with Gasteiger partial charge in [0.15, 0.2) is 6.04 Å². The van der Waals surface area contributed by atoms with E-state index in [9.17, 15) is 24.6 Å². The molecule has 3 amide bonds. The smallest absolute Gasteiger partial charge is 0.347 e. The average Bonchev–Trinajstić information content (AvgIpc) is 3.18. The predicted molar refractivity (Wildman–Crippen MR) is 131 cm³/mol. The van der Waals surface area contributed by atoms with Gasteiger partial charge in [-0.15, -0.1) is 0 Å². The average molecular weight is 525 g/mol.